The molecule has 4 rings (SSSR count). The van der Waals surface area contributed by atoms with Gasteiger partial charge in [-0.15, -0.1) is 0 Å². The number of hydrogen-bond acceptors (Lipinski definition) is 8. The Morgan fingerprint density at radius 3 is 1.98 bits per heavy atom. The van der Waals surface area contributed by atoms with Crippen LogP contribution in [0.5, 0.6) is 11.5 Å². The molecule has 50 heavy (non-hydrogen) atoms. The molecule has 2 N–H and O–H groups in total. The van der Waals surface area contributed by atoms with Gasteiger partial charge in [0, 0.05) is 6.07 Å². The Morgan fingerprint density at radius 1 is 0.780 bits per heavy atom. The SMILES string of the molecule is C=C(CO)C(=O)OCCOc1cc(OCCOC(=O)C(C)(C)CO)cc(-c2ccc(-c3ccc(C4CCC(CCC)CC4)cc3)c(CC)c2)c1. The number of carbonyl (C=O) groups excluding carboxylic acids is 2. The van der Waals surface area contributed by atoms with E-state index in [9.17, 15) is 14.7 Å². The molecule has 0 radical (unpaired) electrons. The topological polar surface area (TPSA) is 112 Å². The van der Waals surface area contributed by atoms with Crippen LogP contribution in [-0.4, -0.2) is 61.8 Å². The van der Waals surface area contributed by atoms with Crippen molar-refractivity contribution in [1.29, 1.82) is 0 Å². The number of esters is 2. The van der Waals surface area contributed by atoms with Crippen molar-refractivity contribution in [3.8, 4) is 33.8 Å². The van der Waals surface area contributed by atoms with Gasteiger partial charge in [0.2, 0.25) is 0 Å². The molecule has 1 fully saturated rings. The van der Waals surface area contributed by atoms with Crippen LogP contribution in [0.25, 0.3) is 22.3 Å². The summed E-state index contributed by atoms with van der Waals surface area (Å²) < 4.78 is 22.3. The van der Waals surface area contributed by atoms with Crippen LogP contribution in [-0.2, 0) is 25.5 Å². The lowest BCUT2D eigenvalue weighted by molar-refractivity contribution is -0.156. The van der Waals surface area contributed by atoms with Gasteiger partial charge in [-0.2, -0.15) is 0 Å². The van der Waals surface area contributed by atoms with E-state index >= 15 is 0 Å². The molecule has 8 nitrogen and oxygen atoms in total. The van der Waals surface area contributed by atoms with Crippen LogP contribution < -0.4 is 9.47 Å². The van der Waals surface area contributed by atoms with E-state index in [1.54, 1.807) is 19.9 Å². The molecular formula is C42H54O8. The van der Waals surface area contributed by atoms with E-state index in [0.717, 1.165) is 23.5 Å². The maximum Gasteiger partial charge on any atom is 0.335 e. The van der Waals surface area contributed by atoms with Gasteiger partial charge in [0.15, 0.2) is 0 Å². The second-order valence-electron chi connectivity index (χ2n) is 13.8. The Labute approximate surface area is 297 Å². The summed E-state index contributed by atoms with van der Waals surface area (Å²) in [5, 5.41) is 18.5. The quantitative estimate of drug-likeness (QED) is 0.0786. The molecule has 0 amide bonds. The summed E-state index contributed by atoms with van der Waals surface area (Å²) in [6, 6.07) is 21.2. The Morgan fingerprint density at radius 2 is 1.40 bits per heavy atom. The Kier molecular flexibility index (Phi) is 14.5. The van der Waals surface area contributed by atoms with Gasteiger partial charge in [0.25, 0.3) is 0 Å². The van der Waals surface area contributed by atoms with Gasteiger partial charge in [0.1, 0.15) is 37.9 Å². The molecule has 3 aromatic rings. The summed E-state index contributed by atoms with van der Waals surface area (Å²) in [5.74, 6) is 1.40. The highest BCUT2D eigenvalue weighted by atomic mass is 16.6. The molecule has 0 atom stereocenters. The third-order valence-corrected chi connectivity index (χ3v) is 9.53. The second kappa shape index (κ2) is 18.7. The van der Waals surface area contributed by atoms with Crippen molar-refractivity contribution in [3.63, 3.8) is 0 Å². The minimum Gasteiger partial charge on any atom is -0.490 e. The van der Waals surface area contributed by atoms with Gasteiger partial charge in [0.05, 0.1) is 24.2 Å². The lowest BCUT2D eigenvalue weighted by atomic mass is 9.77. The fourth-order valence-corrected chi connectivity index (χ4v) is 6.39. The third-order valence-electron chi connectivity index (χ3n) is 9.53. The standard InChI is InChI=1S/C42H54O8/c1-6-8-30-9-11-32(12-10-30)33-13-15-34(16-14-33)39-18-17-35(23-31(39)7-2)36-24-37(47-19-21-49-40(45)29(3)27-43)26-38(25-36)48-20-22-50-41(46)42(4,5)28-44/h13-18,23-26,30,32,43-44H,3,6-12,19-22,27-28H2,1-2,4-5H3. The van der Waals surface area contributed by atoms with Gasteiger partial charge < -0.3 is 29.2 Å². The molecule has 0 heterocycles. The highest BCUT2D eigenvalue weighted by Gasteiger charge is 2.28. The summed E-state index contributed by atoms with van der Waals surface area (Å²) in [6.07, 6.45) is 8.73. The van der Waals surface area contributed by atoms with Crippen LogP contribution in [0, 0.1) is 11.3 Å². The highest BCUT2D eigenvalue weighted by molar-refractivity contribution is 5.87. The van der Waals surface area contributed by atoms with E-state index in [-0.39, 0.29) is 38.6 Å². The first-order chi connectivity index (χ1) is 24.1. The van der Waals surface area contributed by atoms with Gasteiger partial charge in [-0.1, -0.05) is 75.7 Å². The molecule has 0 unspecified atom stereocenters. The molecule has 270 valence electrons. The fraction of sp³-hybridized carbons (Fsp3) is 0.476. The van der Waals surface area contributed by atoms with Crippen molar-refractivity contribution in [2.24, 2.45) is 11.3 Å². The molecule has 0 saturated heterocycles. The zero-order valence-electron chi connectivity index (χ0n) is 30.2. The zero-order valence-corrected chi connectivity index (χ0v) is 30.2. The van der Waals surface area contributed by atoms with Gasteiger partial charge in [-0.25, -0.2) is 4.79 Å². The molecule has 0 bridgehead atoms. The Bertz CT molecular complexity index is 1570. The van der Waals surface area contributed by atoms with Crippen LogP contribution in [0.3, 0.4) is 0 Å². The monoisotopic (exact) mass is 686 g/mol. The third kappa shape index (κ3) is 10.7. The fourth-order valence-electron chi connectivity index (χ4n) is 6.39. The van der Waals surface area contributed by atoms with Crippen molar-refractivity contribution in [1.82, 2.24) is 0 Å². The van der Waals surface area contributed by atoms with Gasteiger partial charge in [-0.3, -0.25) is 4.79 Å². The Hall–Kier alpha value is -4.14. The number of rotatable bonds is 18. The highest BCUT2D eigenvalue weighted by Crippen LogP contribution is 2.39. The lowest BCUT2D eigenvalue weighted by Crippen LogP contribution is -2.31. The Balaban J connectivity index is 1.50. The maximum atomic E-state index is 12.3. The predicted octanol–water partition coefficient (Wildman–Crippen LogP) is 8.07. The first-order valence-corrected chi connectivity index (χ1v) is 18.0. The summed E-state index contributed by atoms with van der Waals surface area (Å²) in [4.78, 5) is 24.1. The van der Waals surface area contributed by atoms with Gasteiger partial charge in [-0.05, 0) is 103 Å². The molecule has 1 aliphatic rings. The van der Waals surface area contributed by atoms with Crippen LogP contribution >= 0.6 is 0 Å². The van der Waals surface area contributed by atoms with Crippen molar-refractivity contribution < 1.29 is 38.7 Å². The minimum atomic E-state index is -0.993. The summed E-state index contributed by atoms with van der Waals surface area (Å²) in [5.41, 5.74) is 5.92. The molecule has 1 aliphatic carbocycles. The predicted molar refractivity (Wildman–Crippen MR) is 196 cm³/mol. The van der Waals surface area contributed by atoms with Gasteiger partial charge >= 0.3 is 11.9 Å². The number of aryl methyl sites for hydroxylation is 1. The summed E-state index contributed by atoms with van der Waals surface area (Å²) in [7, 11) is 0. The van der Waals surface area contributed by atoms with Crippen molar-refractivity contribution in [3.05, 3.63) is 83.9 Å². The van der Waals surface area contributed by atoms with E-state index in [1.807, 2.05) is 12.1 Å². The second-order valence-corrected chi connectivity index (χ2v) is 13.8. The largest absolute Gasteiger partial charge is 0.490 e. The average Bonchev–Trinajstić information content (AvgIpc) is 3.14. The van der Waals surface area contributed by atoms with Crippen LogP contribution in [0.1, 0.15) is 83.3 Å². The van der Waals surface area contributed by atoms with E-state index in [4.69, 9.17) is 24.1 Å². The van der Waals surface area contributed by atoms with Crippen LogP contribution in [0.15, 0.2) is 72.8 Å². The first-order valence-electron chi connectivity index (χ1n) is 18.0. The molecule has 0 aliphatic heterocycles. The molecule has 0 aromatic heterocycles. The number of ether oxygens (including phenoxy) is 4. The first kappa shape index (κ1) is 38.7. The lowest BCUT2D eigenvalue weighted by Gasteiger charge is -2.28. The number of carbonyl (C=O) groups is 2. The number of aliphatic hydroxyl groups is 2. The van der Waals surface area contributed by atoms with E-state index in [1.165, 1.54) is 60.8 Å². The van der Waals surface area contributed by atoms with Crippen LogP contribution in [0.2, 0.25) is 0 Å². The number of benzene rings is 3. The maximum absolute atomic E-state index is 12.3. The van der Waals surface area contributed by atoms with Crippen molar-refractivity contribution in [2.45, 2.75) is 78.6 Å². The minimum absolute atomic E-state index is 0.0149. The summed E-state index contributed by atoms with van der Waals surface area (Å²) in [6.45, 7) is 10.5. The van der Waals surface area contributed by atoms with E-state index in [2.05, 4.69) is 62.9 Å². The summed E-state index contributed by atoms with van der Waals surface area (Å²) >= 11 is 0. The van der Waals surface area contributed by atoms with Crippen LogP contribution in [0.4, 0.5) is 0 Å². The van der Waals surface area contributed by atoms with E-state index < -0.39 is 24.0 Å². The smallest absolute Gasteiger partial charge is 0.335 e. The normalized spacial score (nSPS) is 16.0. The van der Waals surface area contributed by atoms with E-state index in [0.29, 0.717) is 17.4 Å². The zero-order chi connectivity index (χ0) is 36.1. The number of aliphatic hydroxyl groups excluding tert-OH is 2. The molecule has 3 aromatic carbocycles. The molecular weight excluding hydrogens is 632 g/mol. The molecule has 0 spiro atoms. The molecule has 8 heteroatoms. The molecule has 1 saturated carbocycles. The number of hydrogen-bond donors (Lipinski definition) is 2. The van der Waals surface area contributed by atoms with Crippen molar-refractivity contribution >= 4 is 11.9 Å². The average molecular weight is 687 g/mol. The van der Waals surface area contributed by atoms with Crippen molar-refractivity contribution in [2.75, 3.05) is 39.6 Å².